The topological polar surface area (TPSA) is 131 Å². The molecule has 2 aliphatic rings. The van der Waals surface area contributed by atoms with Crippen molar-refractivity contribution in [2.75, 3.05) is 57.2 Å². The van der Waals surface area contributed by atoms with Gasteiger partial charge in [-0.2, -0.15) is 0 Å². The van der Waals surface area contributed by atoms with Crippen LogP contribution in [0.15, 0.2) is 66.9 Å². The maximum Gasteiger partial charge on any atom is 0.240 e. The standard InChI is InChI=1S/C34H34F2N4O7/c1-44-30-20-25-27(21-31(30)46-16-2-13-40(43)14-17-45-18-15-40)37-12-9-28(25)47-29-8-7-24(19-26(29)36)39-33(42)34(10-11-34)32(41)38-23-5-3-22(35)4-6-23/h3-9,12,19-21H,2,10-11,13-18H2,1H3,(H,38,41)(H,39,42). The summed E-state index contributed by atoms with van der Waals surface area (Å²) in [5.41, 5.74) is -0.245. The number of halogens is 2. The van der Waals surface area contributed by atoms with E-state index in [9.17, 15) is 19.2 Å². The number of hydroxylamine groups is 3. The Bertz CT molecular complexity index is 1780. The number of aromatic nitrogens is 1. The second-order valence-electron chi connectivity index (χ2n) is 11.6. The zero-order valence-electron chi connectivity index (χ0n) is 25.7. The van der Waals surface area contributed by atoms with E-state index in [0.717, 1.165) is 6.07 Å². The Hall–Kier alpha value is -4.85. The molecule has 1 aliphatic carbocycles. The largest absolute Gasteiger partial charge is 0.633 e. The number of morpholine rings is 1. The predicted molar refractivity (Wildman–Crippen MR) is 169 cm³/mol. The third-order valence-corrected chi connectivity index (χ3v) is 8.37. The van der Waals surface area contributed by atoms with Crippen molar-refractivity contribution in [2.45, 2.75) is 19.3 Å². The molecule has 6 rings (SSSR count). The molecule has 0 atom stereocenters. The van der Waals surface area contributed by atoms with E-state index < -0.39 is 28.9 Å². The molecular weight excluding hydrogens is 614 g/mol. The van der Waals surface area contributed by atoms with Gasteiger partial charge < -0.3 is 39.4 Å². The third-order valence-electron chi connectivity index (χ3n) is 8.37. The van der Waals surface area contributed by atoms with Gasteiger partial charge in [0.15, 0.2) is 23.1 Å². The number of nitrogens with zero attached hydrogens (tertiary/aromatic N) is 2. The van der Waals surface area contributed by atoms with Gasteiger partial charge in [-0.3, -0.25) is 14.6 Å². The van der Waals surface area contributed by atoms with Crippen LogP contribution in [0.25, 0.3) is 10.9 Å². The lowest BCUT2D eigenvalue weighted by Crippen LogP contribution is -2.51. The fraction of sp³-hybridized carbons (Fsp3) is 0.324. The minimum atomic E-state index is -1.29. The Morgan fingerprint density at radius 2 is 1.62 bits per heavy atom. The van der Waals surface area contributed by atoms with Gasteiger partial charge in [-0.25, -0.2) is 8.78 Å². The Balaban J connectivity index is 1.10. The molecule has 2 amide bonds. The van der Waals surface area contributed by atoms with Crippen LogP contribution in [0.2, 0.25) is 0 Å². The minimum Gasteiger partial charge on any atom is -0.633 e. The van der Waals surface area contributed by atoms with E-state index in [1.807, 2.05) is 0 Å². The van der Waals surface area contributed by atoms with Crippen LogP contribution >= 0.6 is 0 Å². The summed E-state index contributed by atoms with van der Waals surface area (Å²) in [7, 11) is 1.50. The average Bonchev–Trinajstić information content (AvgIpc) is 3.88. The highest BCUT2D eigenvalue weighted by Crippen LogP contribution is 2.47. The number of rotatable bonds is 12. The second-order valence-corrected chi connectivity index (χ2v) is 11.6. The van der Waals surface area contributed by atoms with E-state index in [4.69, 9.17) is 18.9 Å². The van der Waals surface area contributed by atoms with Crippen molar-refractivity contribution in [2.24, 2.45) is 5.41 Å². The first-order valence-electron chi connectivity index (χ1n) is 15.3. The predicted octanol–water partition coefficient (Wildman–Crippen LogP) is 5.79. The van der Waals surface area contributed by atoms with Crippen LogP contribution in [0.1, 0.15) is 19.3 Å². The summed E-state index contributed by atoms with van der Waals surface area (Å²) in [6, 6.07) is 14.2. The Morgan fingerprint density at radius 3 is 2.30 bits per heavy atom. The van der Waals surface area contributed by atoms with E-state index in [0.29, 0.717) is 92.6 Å². The molecule has 2 heterocycles. The number of benzene rings is 3. The number of quaternary nitrogens is 1. The summed E-state index contributed by atoms with van der Waals surface area (Å²) >= 11 is 0. The molecule has 2 fully saturated rings. The Labute approximate surface area is 269 Å². The second kappa shape index (κ2) is 13.5. The zero-order chi connectivity index (χ0) is 33.0. The first-order valence-corrected chi connectivity index (χ1v) is 15.3. The molecule has 1 saturated heterocycles. The summed E-state index contributed by atoms with van der Waals surface area (Å²) < 4.78 is 50.9. The highest BCUT2D eigenvalue weighted by Gasteiger charge is 2.56. The summed E-state index contributed by atoms with van der Waals surface area (Å²) in [6.07, 6.45) is 2.74. The molecule has 13 heteroatoms. The highest BCUT2D eigenvalue weighted by molar-refractivity contribution is 6.16. The quantitative estimate of drug-likeness (QED) is 0.0855. The van der Waals surface area contributed by atoms with Crippen molar-refractivity contribution in [1.29, 1.82) is 0 Å². The van der Waals surface area contributed by atoms with Gasteiger partial charge in [0, 0.05) is 41.5 Å². The molecule has 2 N–H and O–H groups in total. The van der Waals surface area contributed by atoms with Gasteiger partial charge in [0.05, 0.1) is 39.0 Å². The van der Waals surface area contributed by atoms with Crippen molar-refractivity contribution >= 4 is 34.1 Å². The monoisotopic (exact) mass is 648 g/mol. The smallest absolute Gasteiger partial charge is 0.240 e. The number of hydrogen-bond donors (Lipinski definition) is 2. The van der Waals surface area contributed by atoms with Gasteiger partial charge >= 0.3 is 0 Å². The van der Waals surface area contributed by atoms with Crippen LogP contribution < -0.4 is 24.8 Å². The fourth-order valence-corrected chi connectivity index (χ4v) is 5.42. The molecule has 0 spiro atoms. The van der Waals surface area contributed by atoms with Gasteiger partial charge in [0.2, 0.25) is 11.8 Å². The van der Waals surface area contributed by atoms with Crippen molar-refractivity contribution in [3.63, 3.8) is 0 Å². The Kier molecular flexibility index (Phi) is 9.21. The van der Waals surface area contributed by atoms with Gasteiger partial charge in [-0.15, -0.1) is 0 Å². The summed E-state index contributed by atoms with van der Waals surface area (Å²) in [5, 5.41) is 18.5. The van der Waals surface area contributed by atoms with E-state index in [-0.39, 0.29) is 16.1 Å². The van der Waals surface area contributed by atoms with Crippen molar-refractivity contribution < 1.29 is 42.0 Å². The summed E-state index contributed by atoms with van der Waals surface area (Å²) in [6.45, 7) is 2.54. The number of fused-ring (bicyclic) bond motifs is 1. The maximum atomic E-state index is 15.2. The van der Waals surface area contributed by atoms with E-state index >= 15 is 4.39 Å². The van der Waals surface area contributed by atoms with Crippen molar-refractivity contribution in [3.05, 3.63) is 83.7 Å². The number of amides is 2. The van der Waals surface area contributed by atoms with Crippen LogP contribution in [0.3, 0.4) is 0 Å². The third kappa shape index (κ3) is 7.27. The molecule has 3 aromatic carbocycles. The zero-order valence-corrected chi connectivity index (χ0v) is 25.7. The molecule has 0 bridgehead atoms. The molecule has 4 aromatic rings. The van der Waals surface area contributed by atoms with Gasteiger partial charge in [-0.1, -0.05) is 0 Å². The van der Waals surface area contributed by atoms with Gasteiger partial charge in [0.1, 0.15) is 30.1 Å². The number of hydrogen-bond acceptors (Lipinski definition) is 8. The minimum absolute atomic E-state index is 0.0947. The number of methoxy groups -OCH3 is 1. The average molecular weight is 649 g/mol. The van der Waals surface area contributed by atoms with Gasteiger partial charge in [-0.05, 0) is 61.4 Å². The molecule has 0 unspecified atom stereocenters. The number of carbonyl (C=O) groups is 2. The number of nitrogens with one attached hydrogen (secondary N) is 2. The number of anilines is 2. The lowest BCUT2D eigenvalue weighted by atomic mass is 10.0. The molecule has 1 aliphatic heterocycles. The highest BCUT2D eigenvalue weighted by atomic mass is 19.1. The molecule has 11 nitrogen and oxygen atoms in total. The Morgan fingerprint density at radius 1 is 0.915 bits per heavy atom. The summed E-state index contributed by atoms with van der Waals surface area (Å²) in [5.74, 6) is -1.16. The molecule has 0 radical (unpaired) electrons. The maximum absolute atomic E-state index is 15.2. The molecule has 1 saturated carbocycles. The van der Waals surface area contributed by atoms with Crippen molar-refractivity contribution in [3.8, 4) is 23.0 Å². The fourth-order valence-electron chi connectivity index (χ4n) is 5.42. The van der Waals surface area contributed by atoms with E-state index in [1.54, 1.807) is 18.2 Å². The molecule has 47 heavy (non-hydrogen) atoms. The molecular formula is C34H34F2N4O7. The normalized spacial score (nSPS) is 16.3. The van der Waals surface area contributed by atoms with Gasteiger partial charge in [0.25, 0.3) is 0 Å². The lowest BCUT2D eigenvalue weighted by molar-refractivity contribution is -0.888. The number of pyridine rings is 1. The first-order chi connectivity index (χ1) is 22.7. The number of carbonyl (C=O) groups excluding carboxylic acids is 2. The van der Waals surface area contributed by atoms with E-state index in [2.05, 4.69) is 15.6 Å². The first kappa shape index (κ1) is 32.1. The van der Waals surface area contributed by atoms with Crippen LogP contribution in [0, 0.1) is 22.3 Å². The number of ether oxygens (including phenoxy) is 4. The molecule has 246 valence electrons. The van der Waals surface area contributed by atoms with Crippen LogP contribution in [0.5, 0.6) is 23.0 Å². The van der Waals surface area contributed by atoms with Crippen LogP contribution in [-0.4, -0.2) is 68.0 Å². The van der Waals surface area contributed by atoms with Crippen LogP contribution in [0.4, 0.5) is 20.2 Å². The lowest BCUT2D eigenvalue weighted by Gasteiger charge is -2.45. The summed E-state index contributed by atoms with van der Waals surface area (Å²) in [4.78, 5) is 30.3. The SMILES string of the molecule is COc1cc2c(Oc3ccc(NC(=O)C4(C(=O)Nc5ccc(F)cc5)CC4)cc3F)ccnc2cc1OCCC[N+]1([O-])CCOCC1. The van der Waals surface area contributed by atoms with Crippen LogP contribution in [-0.2, 0) is 14.3 Å². The van der Waals surface area contributed by atoms with E-state index in [1.165, 1.54) is 49.7 Å². The van der Waals surface area contributed by atoms with Crippen molar-refractivity contribution in [1.82, 2.24) is 4.98 Å². The molecule has 1 aromatic heterocycles.